The third kappa shape index (κ3) is 3.32. The number of hydrogen-bond acceptors (Lipinski definition) is 4. The zero-order valence-electron chi connectivity index (χ0n) is 10.9. The van der Waals surface area contributed by atoms with Crippen molar-refractivity contribution < 1.29 is 0 Å². The monoisotopic (exact) mass is 273 g/mol. The zero-order valence-corrected chi connectivity index (χ0v) is 12.5. The highest BCUT2D eigenvalue weighted by molar-refractivity contribution is 6.99. The van der Waals surface area contributed by atoms with Crippen molar-refractivity contribution >= 4 is 29.1 Å². The van der Waals surface area contributed by atoms with Crippen LogP contribution in [0.3, 0.4) is 0 Å². The van der Waals surface area contributed by atoms with Crippen molar-refractivity contribution in [1.82, 2.24) is 8.75 Å². The number of aromatic nitrogens is 2. The molecule has 1 fully saturated rings. The van der Waals surface area contributed by atoms with E-state index in [1.807, 2.05) is 0 Å². The molecule has 0 spiro atoms. The van der Waals surface area contributed by atoms with Crippen LogP contribution in [0.25, 0.3) is 0 Å². The molecule has 1 heterocycles. The molecule has 1 aliphatic carbocycles. The topological polar surface area (TPSA) is 37.8 Å². The zero-order chi connectivity index (χ0) is 12.7. The van der Waals surface area contributed by atoms with Crippen molar-refractivity contribution in [3.8, 4) is 0 Å². The summed E-state index contributed by atoms with van der Waals surface area (Å²) in [5.41, 5.74) is 0.741. The second-order valence-electron chi connectivity index (χ2n) is 6.66. The Kier molecular flexibility index (Phi) is 3.38. The average molecular weight is 274 g/mol. The maximum atomic E-state index is 5.98. The third-order valence-corrected chi connectivity index (χ3v) is 4.24. The van der Waals surface area contributed by atoms with Crippen LogP contribution in [0, 0.1) is 10.8 Å². The highest BCUT2D eigenvalue weighted by Crippen LogP contribution is 2.46. The van der Waals surface area contributed by atoms with E-state index in [0.717, 1.165) is 30.4 Å². The first-order valence-electron chi connectivity index (χ1n) is 6.02. The van der Waals surface area contributed by atoms with Gasteiger partial charge in [-0.05, 0) is 30.1 Å². The number of hydrogen-bond donors (Lipinski definition) is 1. The lowest BCUT2D eigenvalue weighted by Gasteiger charge is -2.45. The van der Waals surface area contributed by atoms with Crippen LogP contribution in [-0.4, -0.2) is 14.8 Å². The van der Waals surface area contributed by atoms with Gasteiger partial charge in [-0.1, -0.05) is 39.3 Å². The lowest BCUT2D eigenvalue weighted by atomic mass is 9.63. The van der Waals surface area contributed by atoms with E-state index in [0.29, 0.717) is 22.0 Å². The van der Waals surface area contributed by atoms with Gasteiger partial charge >= 0.3 is 0 Å². The Morgan fingerprint density at radius 1 is 1.18 bits per heavy atom. The van der Waals surface area contributed by atoms with Gasteiger partial charge in [0, 0.05) is 6.04 Å². The molecule has 1 aromatic heterocycles. The van der Waals surface area contributed by atoms with E-state index in [-0.39, 0.29) is 0 Å². The van der Waals surface area contributed by atoms with Gasteiger partial charge in [0.25, 0.3) is 0 Å². The Hall–Kier alpha value is -0.350. The van der Waals surface area contributed by atoms with Crippen LogP contribution < -0.4 is 5.32 Å². The van der Waals surface area contributed by atoms with Crippen LogP contribution in [0.1, 0.15) is 47.0 Å². The van der Waals surface area contributed by atoms with Crippen molar-refractivity contribution in [2.45, 2.75) is 53.0 Å². The van der Waals surface area contributed by atoms with Gasteiger partial charge in [-0.25, -0.2) is 0 Å². The van der Waals surface area contributed by atoms with Crippen LogP contribution in [0.5, 0.6) is 0 Å². The van der Waals surface area contributed by atoms with Gasteiger partial charge in [0.1, 0.15) is 0 Å². The lowest BCUT2D eigenvalue weighted by molar-refractivity contribution is 0.105. The molecule has 0 saturated heterocycles. The highest BCUT2D eigenvalue weighted by atomic mass is 35.5. The Morgan fingerprint density at radius 2 is 1.76 bits per heavy atom. The van der Waals surface area contributed by atoms with E-state index in [4.69, 9.17) is 11.6 Å². The minimum atomic E-state index is 0.370. The van der Waals surface area contributed by atoms with Crippen molar-refractivity contribution in [1.29, 1.82) is 0 Å². The normalized spacial score (nSPS) is 23.6. The van der Waals surface area contributed by atoms with E-state index < -0.39 is 0 Å². The van der Waals surface area contributed by atoms with Gasteiger partial charge in [-0.2, -0.15) is 8.75 Å². The summed E-state index contributed by atoms with van der Waals surface area (Å²) in [6.07, 6.45) is 3.58. The van der Waals surface area contributed by atoms with Crippen molar-refractivity contribution in [2.24, 2.45) is 10.8 Å². The molecule has 17 heavy (non-hydrogen) atoms. The summed E-state index contributed by atoms with van der Waals surface area (Å²) in [5, 5.41) is 3.94. The molecule has 2 rings (SSSR count). The maximum absolute atomic E-state index is 5.98. The van der Waals surface area contributed by atoms with Gasteiger partial charge in [0.2, 0.25) is 0 Å². The Balaban J connectivity index is 2.09. The summed E-state index contributed by atoms with van der Waals surface area (Å²) in [6.45, 7) is 9.35. The summed E-state index contributed by atoms with van der Waals surface area (Å²) in [7, 11) is 0. The predicted octanol–water partition coefficient (Wildman–Crippen LogP) is 4.21. The smallest absolute Gasteiger partial charge is 0.186 e. The van der Waals surface area contributed by atoms with Gasteiger partial charge in [0.15, 0.2) is 11.0 Å². The second-order valence-corrected chi connectivity index (χ2v) is 7.54. The van der Waals surface area contributed by atoms with E-state index in [2.05, 4.69) is 41.8 Å². The van der Waals surface area contributed by atoms with E-state index in [9.17, 15) is 0 Å². The molecule has 1 aromatic rings. The highest BCUT2D eigenvalue weighted by Gasteiger charge is 2.38. The standard InChI is InChI=1S/C12H20ClN3S/c1-11(2)5-8(6-12(3,4)7-11)14-10-9(13)15-17-16-10/h8H,5-7H2,1-4H3,(H,14,16). The molecule has 0 bridgehead atoms. The van der Waals surface area contributed by atoms with E-state index in [1.54, 1.807) is 0 Å². The minimum Gasteiger partial charge on any atom is -0.364 e. The molecule has 0 unspecified atom stereocenters. The first kappa shape index (κ1) is 13.1. The Morgan fingerprint density at radius 3 is 2.24 bits per heavy atom. The fourth-order valence-corrected chi connectivity index (χ4v) is 4.06. The van der Waals surface area contributed by atoms with E-state index in [1.165, 1.54) is 6.42 Å². The molecule has 1 N–H and O–H groups in total. The molecule has 0 aliphatic heterocycles. The predicted molar refractivity (Wildman–Crippen MR) is 73.7 cm³/mol. The summed E-state index contributed by atoms with van der Waals surface area (Å²) < 4.78 is 8.18. The molecule has 0 radical (unpaired) electrons. The molecule has 1 saturated carbocycles. The van der Waals surface area contributed by atoms with Crippen molar-refractivity contribution in [3.05, 3.63) is 5.15 Å². The molecule has 5 heteroatoms. The van der Waals surface area contributed by atoms with Crippen LogP contribution >= 0.6 is 23.3 Å². The molecular weight excluding hydrogens is 254 g/mol. The first-order valence-corrected chi connectivity index (χ1v) is 7.13. The molecule has 1 aliphatic rings. The molecule has 0 aromatic carbocycles. The Bertz CT molecular complexity index is 384. The van der Waals surface area contributed by atoms with Crippen LogP contribution in [-0.2, 0) is 0 Å². The summed E-state index contributed by atoms with van der Waals surface area (Å²) in [6, 6.07) is 0.440. The van der Waals surface area contributed by atoms with Gasteiger partial charge in [0.05, 0.1) is 11.7 Å². The van der Waals surface area contributed by atoms with Gasteiger partial charge < -0.3 is 5.32 Å². The minimum absolute atomic E-state index is 0.370. The molecule has 3 nitrogen and oxygen atoms in total. The van der Waals surface area contributed by atoms with E-state index >= 15 is 0 Å². The van der Waals surface area contributed by atoms with Crippen molar-refractivity contribution in [2.75, 3.05) is 5.32 Å². The number of halogens is 1. The number of nitrogens with one attached hydrogen (secondary N) is 1. The average Bonchev–Trinajstić information content (AvgIpc) is 2.45. The number of rotatable bonds is 2. The maximum Gasteiger partial charge on any atom is 0.186 e. The van der Waals surface area contributed by atoms with Crippen LogP contribution in [0.4, 0.5) is 5.82 Å². The van der Waals surface area contributed by atoms with Crippen LogP contribution in [0.2, 0.25) is 5.15 Å². The lowest BCUT2D eigenvalue weighted by Crippen LogP contribution is -2.40. The molecule has 0 atom stereocenters. The Labute approximate surface area is 112 Å². The van der Waals surface area contributed by atoms with Crippen LogP contribution in [0.15, 0.2) is 0 Å². The molecule has 0 amide bonds. The second kappa shape index (κ2) is 4.39. The SMILES string of the molecule is CC1(C)CC(Nc2nsnc2Cl)CC(C)(C)C1. The third-order valence-electron chi connectivity index (χ3n) is 3.34. The molecular formula is C12H20ClN3S. The fraction of sp³-hybridized carbons (Fsp3) is 0.833. The van der Waals surface area contributed by atoms with Gasteiger partial charge in [-0.3, -0.25) is 0 Å². The quantitative estimate of drug-likeness (QED) is 0.877. The first-order chi connectivity index (χ1) is 7.77. The summed E-state index contributed by atoms with van der Waals surface area (Å²) in [5.74, 6) is 0.746. The van der Waals surface area contributed by atoms with Crippen molar-refractivity contribution in [3.63, 3.8) is 0 Å². The summed E-state index contributed by atoms with van der Waals surface area (Å²) in [4.78, 5) is 0. The number of nitrogens with zero attached hydrogens (tertiary/aromatic N) is 2. The van der Waals surface area contributed by atoms with Gasteiger partial charge in [-0.15, -0.1) is 0 Å². The number of anilines is 1. The largest absolute Gasteiger partial charge is 0.364 e. The molecule has 96 valence electrons. The summed E-state index contributed by atoms with van der Waals surface area (Å²) >= 11 is 7.14. The fourth-order valence-electron chi connectivity index (χ4n) is 3.41.